The van der Waals surface area contributed by atoms with Gasteiger partial charge in [-0.05, 0) is 38.9 Å². The molecule has 1 atom stereocenters. The van der Waals surface area contributed by atoms with Crippen molar-refractivity contribution in [3.8, 4) is 17.2 Å². The van der Waals surface area contributed by atoms with Gasteiger partial charge in [0.05, 0.1) is 39.6 Å². The number of urea groups is 1. The van der Waals surface area contributed by atoms with E-state index in [1.807, 2.05) is 0 Å². The van der Waals surface area contributed by atoms with Crippen molar-refractivity contribution in [1.82, 2.24) is 15.5 Å². The number of likely N-dealkylation sites (tertiary alicyclic amines) is 1. The number of ether oxygens (including phenoxy) is 4. The summed E-state index contributed by atoms with van der Waals surface area (Å²) in [4.78, 5) is 39.3. The van der Waals surface area contributed by atoms with Crippen LogP contribution in [0.1, 0.15) is 31.4 Å². The summed E-state index contributed by atoms with van der Waals surface area (Å²) >= 11 is 0. The molecule has 11 nitrogen and oxygen atoms in total. The second kappa shape index (κ2) is 11.1. The molecule has 0 aromatic heterocycles. The Morgan fingerprint density at radius 3 is 2.24 bits per heavy atom. The highest BCUT2D eigenvalue weighted by molar-refractivity contribution is 5.95. The van der Waals surface area contributed by atoms with Gasteiger partial charge in [-0.2, -0.15) is 0 Å². The van der Waals surface area contributed by atoms with Crippen molar-refractivity contribution < 1.29 is 33.3 Å². The van der Waals surface area contributed by atoms with Gasteiger partial charge < -0.3 is 35.3 Å². The number of rotatable bonds is 9. The van der Waals surface area contributed by atoms with Gasteiger partial charge in [0, 0.05) is 29.8 Å². The number of hydrogen-bond donors (Lipinski definition) is 3. The number of nitrogens with two attached hydrogens (primary N) is 1. The lowest BCUT2D eigenvalue weighted by atomic mass is 9.92. The van der Waals surface area contributed by atoms with Crippen LogP contribution in [0.4, 0.5) is 4.79 Å². The predicted octanol–water partition coefficient (Wildman–Crippen LogP) is 1.08. The highest BCUT2D eigenvalue weighted by Crippen LogP contribution is 2.41. The summed E-state index contributed by atoms with van der Waals surface area (Å²) in [5.41, 5.74) is 6.66. The Morgan fingerprint density at radius 1 is 1.06 bits per heavy atom. The van der Waals surface area contributed by atoms with Gasteiger partial charge in [-0.25, -0.2) is 9.59 Å². The molecule has 11 heteroatoms. The smallest absolute Gasteiger partial charge is 0.338 e. The number of nitrogens with one attached hydrogen (secondary N) is 2. The number of methoxy groups -OCH3 is 3. The maximum Gasteiger partial charge on any atom is 0.338 e. The number of carbonyl (C=O) groups excluding carboxylic acids is 3. The lowest BCUT2D eigenvalue weighted by Crippen LogP contribution is -2.49. The zero-order chi connectivity index (χ0) is 24.8. The maximum atomic E-state index is 13.1. The fourth-order valence-corrected chi connectivity index (χ4v) is 4.30. The summed E-state index contributed by atoms with van der Waals surface area (Å²) in [6.45, 7) is 3.41. The fourth-order valence-electron chi connectivity index (χ4n) is 4.30. The third-order valence-corrected chi connectivity index (χ3v) is 6.07. The average Bonchev–Trinajstić information content (AvgIpc) is 2.83. The van der Waals surface area contributed by atoms with Crippen LogP contribution in [0.3, 0.4) is 0 Å². The molecule has 2 heterocycles. The Morgan fingerprint density at radius 2 is 1.68 bits per heavy atom. The fraction of sp³-hybridized carbons (Fsp3) is 0.522. The number of primary amides is 1. The summed E-state index contributed by atoms with van der Waals surface area (Å²) in [5, 5.41) is 5.58. The zero-order valence-corrected chi connectivity index (χ0v) is 19.9. The molecule has 1 aromatic rings. The van der Waals surface area contributed by atoms with E-state index in [0.717, 1.165) is 0 Å². The van der Waals surface area contributed by atoms with E-state index in [9.17, 15) is 14.4 Å². The minimum atomic E-state index is -0.847. The van der Waals surface area contributed by atoms with E-state index in [1.54, 1.807) is 19.1 Å². The van der Waals surface area contributed by atoms with Crippen LogP contribution in [0.2, 0.25) is 0 Å². The number of piperidine rings is 1. The Balaban J connectivity index is 2.03. The van der Waals surface area contributed by atoms with Crippen molar-refractivity contribution in [2.24, 2.45) is 11.7 Å². The van der Waals surface area contributed by atoms with Crippen LogP contribution in [0.15, 0.2) is 23.4 Å². The third-order valence-electron chi connectivity index (χ3n) is 6.07. The van der Waals surface area contributed by atoms with E-state index in [2.05, 4.69) is 15.5 Å². The first-order valence-electron chi connectivity index (χ1n) is 11.1. The molecule has 34 heavy (non-hydrogen) atoms. The number of carbonyl (C=O) groups is 3. The van der Waals surface area contributed by atoms with Gasteiger partial charge in [0.15, 0.2) is 11.5 Å². The van der Waals surface area contributed by atoms with Crippen molar-refractivity contribution >= 4 is 17.9 Å². The monoisotopic (exact) mass is 476 g/mol. The van der Waals surface area contributed by atoms with Gasteiger partial charge in [-0.3, -0.25) is 9.69 Å². The minimum Gasteiger partial charge on any atom is -0.496 e. The van der Waals surface area contributed by atoms with Gasteiger partial charge >= 0.3 is 12.0 Å². The van der Waals surface area contributed by atoms with Gasteiger partial charge in [0.25, 0.3) is 0 Å². The molecule has 3 rings (SSSR count). The molecule has 2 aliphatic rings. The standard InChI is InChI=1S/C23H32N4O7/c1-5-34-22(29)19-15(12-27-8-6-13(7-9-27)21(24)28)25-23(30)26-20(19)14-10-17(32-3)18(33-4)11-16(14)31-2/h10-11,13,20H,5-9,12H2,1-4H3,(H2,24,28)(H2,25,26,30)/t20-/m1/s1. The molecule has 2 aliphatic heterocycles. The van der Waals surface area contributed by atoms with E-state index in [0.29, 0.717) is 61.0 Å². The van der Waals surface area contributed by atoms with Crippen molar-refractivity contribution in [3.05, 3.63) is 29.0 Å². The first kappa shape index (κ1) is 25.2. The molecule has 0 aliphatic carbocycles. The van der Waals surface area contributed by atoms with E-state index in [1.165, 1.54) is 21.3 Å². The van der Waals surface area contributed by atoms with E-state index >= 15 is 0 Å². The second-order valence-corrected chi connectivity index (χ2v) is 8.05. The predicted molar refractivity (Wildman–Crippen MR) is 123 cm³/mol. The zero-order valence-electron chi connectivity index (χ0n) is 19.9. The summed E-state index contributed by atoms with van der Waals surface area (Å²) in [7, 11) is 4.50. The molecular weight excluding hydrogens is 444 g/mol. The van der Waals surface area contributed by atoms with Crippen LogP contribution < -0.4 is 30.6 Å². The SMILES string of the molecule is CCOC(=O)C1=C(CN2CCC(C(N)=O)CC2)NC(=O)N[C@@H]1c1cc(OC)c(OC)cc1OC. The Hall–Kier alpha value is -3.47. The van der Waals surface area contributed by atoms with Gasteiger partial charge in [-0.1, -0.05) is 0 Å². The normalized spacial score (nSPS) is 19.2. The van der Waals surface area contributed by atoms with Gasteiger partial charge in [0.1, 0.15) is 5.75 Å². The van der Waals surface area contributed by atoms with Crippen LogP contribution in [0.5, 0.6) is 17.2 Å². The molecule has 4 N–H and O–H groups in total. The molecule has 1 saturated heterocycles. The molecule has 0 spiro atoms. The molecular formula is C23H32N4O7. The lowest BCUT2D eigenvalue weighted by Gasteiger charge is -2.35. The van der Waals surface area contributed by atoms with Crippen LogP contribution in [0.25, 0.3) is 0 Å². The molecule has 3 amide bonds. The summed E-state index contributed by atoms with van der Waals surface area (Å²) in [5.74, 6) is 0.252. The Labute approximate surface area is 198 Å². The number of hydrogen-bond acceptors (Lipinski definition) is 8. The molecule has 0 saturated carbocycles. The van der Waals surface area contributed by atoms with Crippen molar-refractivity contribution in [2.75, 3.05) is 47.6 Å². The Kier molecular flexibility index (Phi) is 8.21. The third kappa shape index (κ3) is 5.36. The molecule has 0 bridgehead atoms. The summed E-state index contributed by atoms with van der Waals surface area (Å²) in [6.07, 6.45) is 1.24. The van der Waals surface area contributed by atoms with Crippen molar-refractivity contribution in [2.45, 2.75) is 25.8 Å². The van der Waals surface area contributed by atoms with Gasteiger partial charge in [0.2, 0.25) is 5.91 Å². The summed E-state index contributed by atoms with van der Waals surface area (Å²) in [6, 6.07) is 2.00. The molecule has 0 unspecified atom stereocenters. The second-order valence-electron chi connectivity index (χ2n) is 8.05. The van der Waals surface area contributed by atoms with E-state index in [4.69, 9.17) is 24.7 Å². The van der Waals surface area contributed by atoms with Crippen LogP contribution in [-0.4, -0.2) is 70.4 Å². The number of nitrogens with zero attached hydrogens (tertiary/aromatic N) is 1. The molecule has 1 fully saturated rings. The summed E-state index contributed by atoms with van der Waals surface area (Å²) < 4.78 is 21.7. The molecule has 0 radical (unpaired) electrons. The first-order valence-corrected chi connectivity index (χ1v) is 11.1. The molecule has 186 valence electrons. The number of benzene rings is 1. The van der Waals surface area contributed by atoms with E-state index in [-0.39, 0.29) is 24.0 Å². The minimum absolute atomic E-state index is 0.166. The highest BCUT2D eigenvalue weighted by Gasteiger charge is 2.37. The van der Waals surface area contributed by atoms with Gasteiger partial charge in [-0.15, -0.1) is 0 Å². The van der Waals surface area contributed by atoms with Crippen LogP contribution >= 0.6 is 0 Å². The van der Waals surface area contributed by atoms with Crippen molar-refractivity contribution in [1.29, 1.82) is 0 Å². The lowest BCUT2D eigenvalue weighted by molar-refractivity contribution is -0.139. The number of esters is 1. The largest absolute Gasteiger partial charge is 0.496 e. The van der Waals surface area contributed by atoms with Crippen molar-refractivity contribution in [3.63, 3.8) is 0 Å². The molecule has 1 aromatic carbocycles. The highest BCUT2D eigenvalue weighted by atomic mass is 16.5. The topological polar surface area (TPSA) is 141 Å². The van der Waals surface area contributed by atoms with Crippen LogP contribution in [0, 0.1) is 5.92 Å². The van der Waals surface area contributed by atoms with Crippen LogP contribution in [-0.2, 0) is 14.3 Å². The average molecular weight is 477 g/mol. The number of amides is 3. The first-order chi connectivity index (χ1) is 16.3. The quantitative estimate of drug-likeness (QED) is 0.450. The van der Waals surface area contributed by atoms with E-state index < -0.39 is 18.0 Å². The Bertz CT molecular complexity index is 970. The maximum absolute atomic E-state index is 13.1.